The quantitative estimate of drug-likeness (QED) is 0.368. The first kappa shape index (κ1) is 27.3. The Hall–Kier alpha value is -0.670. The third kappa shape index (κ3) is 13.5. The summed E-state index contributed by atoms with van der Waals surface area (Å²) in [5, 5.41) is 2.86. The molecule has 0 spiro atoms. The minimum Gasteiger partial charge on any atom is -0.375 e. The summed E-state index contributed by atoms with van der Waals surface area (Å²) < 4.78 is 11.8. The van der Waals surface area contributed by atoms with E-state index in [9.17, 15) is 9.59 Å². The van der Waals surface area contributed by atoms with E-state index in [0.717, 1.165) is 12.8 Å². The third-order valence-corrected chi connectivity index (χ3v) is 5.48. The Kier molecular flexibility index (Phi) is 13.2. The molecule has 0 aliphatic heterocycles. The molecule has 0 unspecified atom stereocenters. The number of hydrogen-bond acceptors (Lipinski definition) is 7. The molecule has 0 saturated heterocycles. The Balaban J connectivity index is 3.94. The monoisotopic (exact) mass is 419 g/mol. The lowest BCUT2D eigenvalue weighted by Crippen LogP contribution is -2.37. The summed E-state index contributed by atoms with van der Waals surface area (Å²) in [6.07, 6.45) is 1.59. The summed E-state index contributed by atoms with van der Waals surface area (Å²) in [7, 11) is 3.74. The summed E-state index contributed by atoms with van der Waals surface area (Å²) in [6, 6.07) is -0.154. The first-order chi connectivity index (χ1) is 12.9. The molecule has 0 aromatic heterocycles. The lowest BCUT2D eigenvalue weighted by Gasteiger charge is -2.29. The van der Waals surface area contributed by atoms with Crippen LogP contribution in [0.4, 0.5) is 0 Å². The van der Waals surface area contributed by atoms with Crippen LogP contribution in [0.1, 0.15) is 47.5 Å². The van der Waals surface area contributed by atoms with Gasteiger partial charge < -0.3 is 20.5 Å². The molecule has 0 saturated carbocycles. The number of nitrogens with two attached hydrogens (primary N) is 1. The zero-order valence-electron chi connectivity index (χ0n) is 18.8. The summed E-state index contributed by atoms with van der Waals surface area (Å²) in [5.74, 6) is 1.02. The van der Waals surface area contributed by atoms with Crippen molar-refractivity contribution >= 4 is 23.5 Å². The molecule has 0 heterocycles. The highest BCUT2D eigenvalue weighted by molar-refractivity contribution is 8.00. The number of Topliss-reactive ketones (excluding diaryl/α,β-unsaturated/α-hetero) is 1. The van der Waals surface area contributed by atoms with Crippen LogP contribution in [0.5, 0.6) is 0 Å². The van der Waals surface area contributed by atoms with Crippen molar-refractivity contribution in [1.29, 1.82) is 0 Å². The van der Waals surface area contributed by atoms with Crippen molar-refractivity contribution in [2.75, 3.05) is 51.9 Å². The van der Waals surface area contributed by atoms with Crippen molar-refractivity contribution in [1.82, 2.24) is 10.2 Å². The topological polar surface area (TPSA) is 93.9 Å². The lowest BCUT2D eigenvalue weighted by atomic mass is 10.0. The van der Waals surface area contributed by atoms with Gasteiger partial charge in [0.1, 0.15) is 5.78 Å². The Bertz CT molecular complexity index is 470. The van der Waals surface area contributed by atoms with Crippen LogP contribution >= 0.6 is 11.8 Å². The first-order valence-corrected chi connectivity index (χ1v) is 11.0. The van der Waals surface area contributed by atoms with Crippen LogP contribution < -0.4 is 11.1 Å². The predicted octanol–water partition coefficient (Wildman–Crippen LogP) is 1.68. The number of nitrogens with zero attached hydrogens (tertiary/aromatic N) is 1. The van der Waals surface area contributed by atoms with E-state index in [0.29, 0.717) is 37.8 Å². The van der Waals surface area contributed by atoms with Gasteiger partial charge in [-0.15, -0.1) is 11.8 Å². The summed E-state index contributed by atoms with van der Waals surface area (Å²) in [5.41, 5.74) is 5.05. The van der Waals surface area contributed by atoms with Crippen LogP contribution in [-0.4, -0.2) is 85.7 Å². The van der Waals surface area contributed by atoms with E-state index in [-0.39, 0.29) is 28.9 Å². The molecule has 0 bridgehead atoms. The Morgan fingerprint density at radius 1 is 1.07 bits per heavy atom. The molecule has 0 fully saturated rings. The van der Waals surface area contributed by atoms with E-state index in [1.54, 1.807) is 6.92 Å². The number of nitrogens with one attached hydrogen (secondary N) is 1. The second-order valence-electron chi connectivity index (χ2n) is 8.46. The minimum atomic E-state index is -0.321. The summed E-state index contributed by atoms with van der Waals surface area (Å²) in [4.78, 5) is 25.3. The number of ether oxygens (including phenoxy) is 2. The van der Waals surface area contributed by atoms with Gasteiger partial charge in [-0.25, -0.2) is 0 Å². The molecule has 3 N–H and O–H groups in total. The molecule has 0 rings (SSSR count). The molecule has 1 amide bonds. The standard InChI is InChI=1S/C20H41N3O4S/c1-16(24)17(23(6)7)14-28-15-18(25)22-11-13-27-20(4,5)9-12-26-19(2,3)8-10-21/h17H,8-15,21H2,1-7H3,(H,22,25)/t17-/m0/s1. The van der Waals surface area contributed by atoms with Crippen LogP contribution in [-0.2, 0) is 19.1 Å². The maximum atomic E-state index is 11.9. The normalized spacial score (nSPS) is 13.6. The van der Waals surface area contributed by atoms with Gasteiger partial charge in [0, 0.05) is 12.3 Å². The van der Waals surface area contributed by atoms with Gasteiger partial charge >= 0.3 is 0 Å². The Labute approximate surface area is 175 Å². The number of rotatable bonds is 16. The highest BCUT2D eigenvalue weighted by Crippen LogP contribution is 2.18. The molecular weight excluding hydrogens is 378 g/mol. The van der Waals surface area contributed by atoms with Gasteiger partial charge in [-0.05, 0) is 68.1 Å². The molecule has 0 aliphatic rings. The summed E-state index contributed by atoms with van der Waals surface area (Å²) >= 11 is 1.47. The number of amides is 1. The first-order valence-electron chi connectivity index (χ1n) is 9.89. The van der Waals surface area contributed by atoms with E-state index in [1.165, 1.54) is 11.8 Å². The third-order valence-electron chi connectivity index (χ3n) is 4.46. The maximum Gasteiger partial charge on any atom is 0.230 e. The number of thioether (sulfide) groups is 1. The highest BCUT2D eigenvalue weighted by atomic mass is 32.2. The fourth-order valence-corrected chi connectivity index (χ4v) is 3.69. The largest absolute Gasteiger partial charge is 0.375 e. The van der Waals surface area contributed by atoms with Gasteiger partial charge in [-0.1, -0.05) is 0 Å². The van der Waals surface area contributed by atoms with E-state index in [2.05, 4.69) is 5.32 Å². The molecule has 28 heavy (non-hydrogen) atoms. The average molecular weight is 420 g/mol. The van der Waals surface area contributed by atoms with Crippen molar-refractivity contribution < 1.29 is 19.1 Å². The van der Waals surface area contributed by atoms with E-state index in [4.69, 9.17) is 15.2 Å². The van der Waals surface area contributed by atoms with Gasteiger partial charge in [0.05, 0.1) is 36.2 Å². The smallest absolute Gasteiger partial charge is 0.230 e. The number of hydrogen-bond donors (Lipinski definition) is 2. The Morgan fingerprint density at radius 3 is 2.18 bits per heavy atom. The second kappa shape index (κ2) is 13.5. The molecule has 8 heteroatoms. The van der Waals surface area contributed by atoms with Gasteiger partial charge in [0.15, 0.2) is 0 Å². The number of likely N-dealkylation sites (N-methyl/N-ethyl adjacent to an activating group) is 1. The van der Waals surface area contributed by atoms with Crippen LogP contribution in [0.25, 0.3) is 0 Å². The molecule has 0 aromatic rings. The van der Waals surface area contributed by atoms with Gasteiger partial charge in [0.25, 0.3) is 0 Å². The fourth-order valence-electron chi connectivity index (χ4n) is 2.53. The van der Waals surface area contributed by atoms with E-state index in [1.807, 2.05) is 46.7 Å². The van der Waals surface area contributed by atoms with Gasteiger partial charge in [-0.2, -0.15) is 0 Å². The predicted molar refractivity (Wildman–Crippen MR) is 117 cm³/mol. The molecule has 166 valence electrons. The SMILES string of the molecule is CC(=O)[C@H](CSCC(=O)NCCOC(C)(C)CCOC(C)(C)CCN)N(C)C. The average Bonchev–Trinajstić information content (AvgIpc) is 2.54. The van der Waals surface area contributed by atoms with E-state index >= 15 is 0 Å². The van der Waals surface area contributed by atoms with E-state index < -0.39 is 0 Å². The minimum absolute atomic E-state index is 0.0423. The molecule has 1 atom stereocenters. The van der Waals surface area contributed by atoms with Gasteiger partial charge in [-0.3, -0.25) is 14.5 Å². The molecule has 0 radical (unpaired) electrons. The number of ketones is 1. The molecule has 0 aliphatic carbocycles. The highest BCUT2D eigenvalue weighted by Gasteiger charge is 2.22. The maximum absolute atomic E-state index is 11.9. The molecule has 0 aromatic carbocycles. The molecule has 7 nitrogen and oxygen atoms in total. The van der Waals surface area contributed by atoms with Crippen LogP contribution in [0, 0.1) is 0 Å². The van der Waals surface area contributed by atoms with Crippen LogP contribution in [0.15, 0.2) is 0 Å². The Morgan fingerprint density at radius 2 is 1.64 bits per heavy atom. The van der Waals surface area contributed by atoms with Crippen molar-refractivity contribution in [3.05, 3.63) is 0 Å². The van der Waals surface area contributed by atoms with Gasteiger partial charge in [0.2, 0.25) is 5.91 Å². The second-order valence-corrected chi connectivity index (χ2v) is 9.49. The van der Waals surface area contributed by atoms with Crippen LogP contribution in [0.3, 0.4) is 0 Å². The summed E-state index contributed by atoms with van der Waals surface area (Å²) in [6.45, 7) is 11.8. The lowest BCUT2D eigenvalue weighted by molar-refractivity contribution is -0.121. The van der Waals surface area contributed by atoms with Crippen molar-refractivity contribution in [3.8, 4) is 0 Å². The zero-order valence-corrected chi connectivity index (χ0v) is 19.6. The van der Waals surface area contributed by atoms with Crippen molar-refractivity contribution in [2.45, 2.75) is 64.7 Å². The molecular formula is C20H41N3O4S. The number of carbonyl (C=O) groups is 2. The van der Waals surface area contributed by atoms with Crippen molar-refractivity contribution in [2.24, 2.45) is 5.73 Å². The fraction of sp³-hybridized carbons (Fsp3) is 0.900. The van der Waals surface area contributed by atoms with Crippen molar-refractivity contribution in [3.63, 3.8) is 0 Å². The zero-order chi connectivity index (χ0) is 21.8. The number of carbonyl (C=O) groups excluding carboxylic acids is 2. The van der Waals surface area contributed by atoms with Crippen LogP contribution in [0.2, 0.25) is 0 Å².